The van der Waals surface area contributed by atoms with Gasteiger partial charge in [-0.15, -0.1) is 0 Å². The van der Waals surface area contributed by atoms with Crippen LogP contribution in [0.3, 0.4) is 0 Å². The van der Waals surface area contributed by atoms with Crippen LogP contribution in [0.5, 0.6) is 5.75 Å². The van der Waals surface area contributed by atoms with E-state index in [4.69, 9.17) is 4.84 Å². The van der Waals surface area contributed by atoms with Gasteiger partial charge in [-0.25, -0.2) is 0 Å². The van der Waals surface area contributed by atoms with E-state index in [1.807, 2.05) is 30.2 Å². The predicted octanol–water partition coefficient (Wildman–Crippen LogP) is 0.353. The monoisotopic (exact) mass is 131 g/mol. The molecule has 10 heavy (non-hydrogen) atoms. The van der Waals surface area contributed by atoms with Gasteiger partial charge in [-0.2, -0.15) is 0 Å². The number of fused-ring (bicyclic) bond motifs is 1. The Labute approximate surface area is 59.7 Å². The third-order valence-corrected chi connectivity index (χ3v) is 1.42. The topological polar surface area (TPSA) is 21.3 Å². The van der Waals surface area contributed by atoms with E-state index in [2.05, 4.69) is 5.39 Å². The first-order valence-corrected chi connectivity index (χ1v) is 3.15. The van der Waals surface area contributed by atoms with Crippen LogP contribution < -0.4 is 10.2 Å². The van der Waals surface area contributed by atoms with Gasteiger partial charge in [0.25, 0.3) is 0 Å². The molecule has 0 amide bonds. The Kier molecular flexibility index (Phi) is 1.20. The third kappa shape index (κ3) is 0.797. The van der Waals surface area contributed by atoms with Crippen molar-refractivity contribution in [2.75, 3.05) is 0 Å². The minimum atomic E-state index is 0.880. The van der Waals surface area contributed by atoms with Crippen LogP contribution in [0, 0.1) is 0 Å². The molecule has 1 aliphatic rings. The molecule has 2 nitrogen and oxygen atoms in total. The maximum absolute atomic E-state index is 5.09. The molecule has 0 radical (unpaired) electrons. The molecule has 0 unspecified atom stereocenters. The van der Waals surface area contributed by atoms with Crippen LogP contribution in [0.1, 0.15) is 5.56 Å². The Balaban J connectivity index is 2.54. The summed E-state index contributed by atoms with van der Waals surface area (Å²) in [5.74, 6) is 2.85. The van der Waals surface area contributed by atoms with Crippen LogP contribution >= 0.6 is 0 Å². The molecular weight excluding hydrogens is 125 g/mol. The van der Waals surface area contributed by atoms with Crippen LogP contribution in [0.4, 0.5) is 0 Å². The standard InChI is InChI=1S/C7H6BNO/c1-2-4-7-6(3-1)5-8-9-10-7/h1-5,9H. The first kappa shape index (κ1) is 5.53. The zero-order chi connectivity index (χ0) is 6.81. The summed E-state index contributed by atoms with van der Waals surface area (Å²) in [6.07, 6.45) is 0. The summed E-state index contributed by atoms with van der Waals surface area (Å²) in [5, 5.41) is 2.66. The maximum atomic E-state index is 5.09. The Morgan fingerprint density at radius 3 is 3.10 bits per heavy atom. The number of hydrogen-bond donors (Lipinski definition) is 1. The molecule has 0 saturated carbocycles. The van der Waals surface area contributed by atoms with Crippen molar-refractivity contribution >= 4 is 13.0 Å². The summed E-state index contributed by atoms with van der Waals surface area (Å²) in [6, 6.07) is 7.86. The summed E-state index contributed by atoms with van der Waals surface area (Å²) >= 11 is 0. The fourth-order valence-electron chi connectivity index (χ4n) is 0.932. The quantitative estimate of drug-likeness (QED) is 0.513. The summed E-state index contributed by atoms with van der Waals surface area (Å²) in [4.78, 5) is 5.09. The van der Waals surface area contributed by atoms with Gasteiger partial charge in [-0.1, -0.05) is 0 Å². The van der Waals surface area contributed by atoms with Crippen LogP contribution in [0.15, 0.2) is 24.3 Å². The van der Waals surface area contributed by atoms with Crippen LogP contribution in [0.2, 0.25) is 0 Å². The Morgan fingerprint density at radius 2 is 2.20 bits per heavy atom. The summed E-state index contributed by atoms with van der Waals surface area (Å²) in [7, 11) is 1.77. The van der Waals surface area contributed by atoms with Crippen molar-refractivity contribution in [3.8, 4) is 5.75 Å². The van der Waals surface area contributed by atoms with E-state index in [1.54, 1.807) is 7.06 Å². The third-order valence-electron chi connectivity index (χ3n) is 1.42. The van der Waals surface area contributed by atoms with Crippen molar-refractivity contribution in [3.63, 3.8) is 0 Å². The van der Waals surface area contributed by atoms with Gasteiger partial charge in [-0.3, -0.25) is 0 Å². The first-order chi connectivity index (χ1) is 4.97. The van der Waals surface area contributed by atoms with E-state index >= 15 is 0 Å². The summed E-state index contributed by atoms with van der Waals surface area (Å²) in [5.41, 5.74) is 1.11. The van der Waals surface area contributed by atoms with E-state index in [9.17, 15) is 0 Å². The van der Waals surface area contributed by atoms with Gasteiger partial charge in [-0.05, 0) is 0 Å². The van der Waals surface area contributed by atoms with Crippen molar-refractivity contribution in [2.24, 2.45) is 0 Å². The molecule has 0 bridgehead atoms. The number of benzene rings is 1. The fourth-order valence-corrected chi connectivity index (χ4v) is 0.932. The molecule has 0 aromatic heterocycles. The Hall–Kier alpha value is -1.25. The first-order valence-electron chi connectivity index (χ1n) is 3.15. The molecule has 1 heterocycles. The van der Waals surface area contributed by atoms with Crippen molar-refractivity contribution < 1.29 is 4.84 Å². The van der Waals surface area contributed by atoms with Crippen molar-refractivity contribution in [1.29, 1.82) is 0 Å². The molecule has 48 valence electrons. The van der Waals surface area contributed by atoms with Crippen LogP contribution in [-0.4, -0.2) is 13.0 Å². The second-order valence-electron chi connectivity index (χ2n) is 2.09. The second kappa shape index (κ2) is 2.18. The fraction of sp³-hybridized carbons (Fsp3) is 0. The molecular formula is C7H6BNO. The molecule has 0 aliphatic carbocycles. The predicted molar refractivity (Wildman–Crippen MR) is 41.1 cm³/mol. The van der Waals surface area contributed by atoms with Gasteiger partial charge >= 0.3 is 58.8 Å². The molecule has 1 aliphatic heterocycles. The summed E-state index contributed by atoms with van der Waals surface area (Å²) < 4.78 is 0. The van der Waals surface area contributed by atoms with E-state index in [-0.39, 0.29) is 0 Å². The molecule has 3 heteroatoms. The van der Waals surface area contributed by atoms with Crippen molar-refractivity contribution in [3.05, 3.63) is 29.8 Å². The molecule has 0 spiro atoms. The van der Waals surface area contributed by atoms with E-state index in [0.717, 1.165) is 11.3 Å². The average molecular weight is 131 g/mol. The molecule has 1 aromatic rings. The number of hydrogen-bond acceptors (Lipinski definition) is 2. The van der Waals surface area contributed by atoms with Gasteiger partial charge in [0.05, 0.1) is 0 Å². The van der Waals surface area contributed by atoms with Gasteiger partial charge in [0.2, 0.25) is 0 Å². The van der Waals surface area contributed by atoms with Crippen LogP contribution in [0.25, 0.3) is 0 Å². The number of rotatable bonds is 0. The molecule has 1 aromatic carbocycles. The van der Waals surface area contributed by atoms with Crippen molar-refractivity contribution in [2.45, 2.75) is 0 Å². The Bertz CT molecular complexity index is 272. The average Bonchev–Trinajstić information content (AvgIpc) is 2.05. The van der Waals surface area contributed by atoms with E-state index in [1.165, 1.54) is 0 Å². The van der Waals surface area contributed by atoms with Gasteiger partial charge < -0.3 is 0 Å². The zero-order valence-corrected chi connectivity index (χ0v) is 5.37. The van der Waals surface area contributed by atoms with Gasteiger partial charge in [0.1, 0.15) is 0 Å². The zero-order valence-electron chi connectivity index (χ0n) is 5.37. The van der Waals surface area contributed by atoms with E-state index < -0.39 is 0 Å². The summed E-state index contributed by atoms with van der Waals surface area (Å²) in [6.45, 7) is 0. The second-order valence-corrected chi connectivity index (χ2v) is 2.09. The normalized spacial score (nSPS) is 12.4. The molecule has 0 saturated heterocycles. The SMILES string of the molecule is B1=Cc2ccccc2ON1. The van der Waals surface area contributed by atoms with Gasteiger partial charge in [0.15, 0.2) is 0 Å². The molecule has 1 N–H and O–H groups in total. The minimum absolute atomic E-state index is 0.880. The Morgan fingerprint density at radius 1 is 1.30 bits per heavy atom. The molecule has 2 rings (SSSR count). The molecule has 0 fully saturated rings. The number of para-hydroxylation sites is 1. The van der Waals surface area contributed by atoms with E-state index in [0.29, 0.717) is 0 Å². The van der Waals surface area contributed by atoms with Gasteiger partial charge in [0, 0.05) is 0 Å². The van der Waals surface area contributed by atoms with Crippen LogP contribution in [-0.2, 0) is 0 Å². The number of nitrogens with one attached hydrogen (secondary N) is 1. The molecule has 0 atom stereocenters. The van der Waals surface area contributed by atoms with Crippen molar-refractivity contribution in [1.82, 2.24) is 5.39 Å².